The van der Waals surface area contributed by atoms with Gasteiger partial charge >= 0.3 is 0 Å². The zero-order valence-electron chi connectivity index (χ0n) is 9.95. The number of rotatable bonds is 5. The van der Waals surface area contributed by atoms with E-state index in [-0.39, 0.29) is 12.1 Å². The molecule has 1 rings (SSSR count). The summed E-state index contributed by atoms with van der Waals surface area (Å²) in [5, 5.41) is 10.4. The van der Waals surface area contributed by atoms with Crippen LogP contribution in [0.15, 0.2) is 6.20 Å². The third-order valence-electron chi connectivity index (χ3n) is 2.72. The Morgan fingerprint density at radius 2 is 2.20 bits per heavy atom. The number of aliphatic hydroxyl groups is 1. The molecule has 0 unspecified atom stereocenters. The molecule has 0 aliphatic rings. The highest BCUT2D eigenvalue weighted by Gasteiger charge is 2.22. The van der Waals surface area contributed by atoms with E-state index < -0.39 is 0 Å². The highest BCUT2D eigenvalue weighted by molar-refractivity contribution is 7.11. The predicted molar refractivity (Wildman–Crippen MR) is 64.1 cm³/mol. The van der Waals surface area contributed by atoms with Crippen LogP contribution >= 0.6 is 11.3 Å². The van der Waals surface area contributed by atoms with Crippen LogP contribution in [0.4, 0.5) is 0 Å². The molecule has 1 aromatic rings. The standard InChI is InChI=1S/C11H20N2OS/c1-5-10-12-6-9(15-10)7-13(4)11(2,3)8-14/h6,14H,5,7-8H2,1-4H3. The lowest BCUT2D eigenvalue weighted by atomic mass is 10.1. The van der Waals surface area contributed by atoms with E-state index in [0.717, 1.165) is 13.0 Å². The quantitative estimate of drug-likeness (QED) is 0.836. The van der Waals surface area contributed by atoms with Crippen molar-refractivity contribution in [2.24, 2.45) is 0 Å². The van der Waals surface area contributed by atoms with Gasteiger partial charge in [-0.15, -0.1) is 11.3 Å². The van der Waals surface area contributed by atoms with Crippen LogP contribution in [0, 0.1) is 0 Å². The third kappa shape index (κ3) is 3.26. The lowest BCUT2D eigenvalue weighted by Gasteiger charge is -2.33. The smallest absolute Gasteiger partial charge is 0.0925 e. The van der Waals surface area contributed by atoms with Crippen molar-refractivity contribution in [1.82, 2.24) is 9.88 Å². The number of hydrogen-bond acceptors (Lipinski definition) is 4. The predicted octanol–water partition coefficient (Wildman–Crippen LogP) is 1.91. The van der Waals surface area contributed by atoms with Crippen molar-refractivity contribution in [1.29, 1.82) is 0 Å². The topological polar surface area (TPSA) is 36.4 Å². The second-order valence-corrected chi connectivity index (χ2v) is 5.60. The first kappa shape index (κ1) is 12.6. The zero-order valence-corrected chi connectivity index (χ0v) is 10.8. The average molecular weight is 228 g/mol. The largest absolute Gasteiger partial charge is 0.394 e. The molecule has 3 nitrogen and oxygen atoms in total. The minimum absolute atomic E-state index is 0.170. The van der Waals surface area contributed by atoms with Crippen molar-refractivity contribution in [3.05, 3.63) is 16.1 Å². The van der Waals surface area contributed by atoms with Crippen molar-refractivity contribution >= 4 is 11.3 Å². The van der Waals surface area contributed by atoms with Gasteiger partial charge in [0.25, 0.3) is 0 Å². The van der Waals surface area contributed by atoms with Gasteiger partial charge in [-0.3, -0.25) is 4.90 Å². The molecule has 0 aromatic carbocycles. The van der Waals surface area contributed by atoms with Gasteiger partial charge in [0, 0.05) is 23.2 Å². The summed E-state index contributed by atoms with van der Waals surface area (Å²) < 4.78 is 0. The number of aliphatic hydroxyl groups excluding tert-OH is 1. The molecule has 86 valence electrons. The fraction of sp³-hybridized carbons (Fsp3) is 0.727. The van der Waals surface area contributed by atoms with Crippen LogP contribution in [0.1, 0.15) is 30.7 Å². The molecule has 0 spiro atoms. The maximum absolute atomic E-state index is 9.24. The molecule has 0 radical (unpaired) electrons. The molecule has 0 fully saturated rings. The second-order valence-electron chi connectivity index (χ2n) is 4.40. The zero-order chi connectivity index (χ0) is 11.5. The summed E-state index contributed by atoms with van der Waals surface area (Å²) in [6.07, 6.45) is 2.94. The molecule has 1 aromatic heterocycles. The molecule has 0 amide bonds. The van der Waals surface area contributed by atoms with Crippen LogP contribution in [0.3, 0.4) is 0 Å². The first-order valence-electron chi connectivity index (χ1n) is 5.25. The normalized spacial score (nSPS) is 12.4. The summed E-state index contributed by atoms with van der Waals surface area (Å²) in [7, 11) is 2.03. The molecule has 0 saturated carbocycles. The Morgan fingerprint density at radius 3 is 2.67 bits per heavy atom. The molecule has 0 atom stereocenters. The van der Waals surface area contributed by atoms with Crippen LogP contribution in [0.25, 0.3) is 0 Å². The van der Waals surface area contributed by atoms with Crippen molar-refractivity contribution in [3.8, 4) is 0 Å². The molecule has 1 heterocycles. The molecule has 4 heteroatoms. The Balaban J connectivity index is 2.61. The fourth-order valence-electron chi connectivity index (χ4n) is 1.15. The van der Waals surface area contributed by atoms with E-state index in [1.54, 1.807) is 11.3 Å². The van der Waals surface area contributed by atoms with Crippen LogP contribution in [-0.2, 0) is 13.0 Å². The summed E-state index contributed by atoms with van der Waals surface area (Å²) in [5.74, 6) is 0. The Kier molecular flexibility index (Phi) is 4.25. The number of nitrogens with zero attached hydrogens (tertiary/aromatic N) is 2. The van der Waals surface area contributed by atoms with Crippen molar-refractivity contribution in [3.63, 3.8) is 0 Å². The van der Waals surface area contributed by atoms with Gasteiger partial charge in [-0.1, -0.05) is 6.92 Å². The molecule has 0 aliphatic heterocycles. The van der Waals surface area contributed by atoms with Gasteiger partial charge in [-0.05, 0) is 27.3 Å². The highest BCUT2D eigenvalue weighted by Crippen LogP contribution is 2.19. The van der Waals surface area contributed by atoms with Crippen LogP contribution in [0.2, 0.25) is 0 Å². The van der Waals surface area contributed by atoms with E-state index in [9.17, 15) is 5.11 Å². The molecule has 15 heavy (non-hydrogen) atoms. The van der Waals surface area contributed by atoms with E-state index in [0.29, 0.717) is 0 Å². The van der Waals surface area contributed by atoms with Crippen LogP contribution in [0.5, 0.6) is 0 Å². The number of aromatic nitrogens is 1. The summed E-state index contributed by atoms with van der Waals surface area (Å²) >= 11 is 1.75. The Hall–Kier alpha value is -0.450. The third-order valence-corrected chi connectivity index (χ3v) is 3.84. The minimum Gasteiger partial charge on any atom is -0.394 e. The Morgan fingerprint density at radius 1 is 1.53 bits per heavy atom. The van der Waals surface area contributed by atoms with E-state index in [1.165, 1.54) is 9.88 Å². The van der Waals surface area contributed by atoms with Gasteiger partial charge in [0.05, 0.1) is 11.6 Å². The monoisotopic (exact) mass is 228 g/mol. The maximum Gasteiger partial charge on any atom is 0.0925 e. The van der Waals surface area contributed by atoms with Gasteiger partial charge in [-0.2, -0.15) is 0 Å². The minimum atomic E-state index is -0.170. The van der Waals surface area contributed by atoms with Crippen molar-refractivity contribution in [2.75, 3.05) is 13.7 Å². The lowest BCUT2D eigenvalue weighted by molar-refractivity contribution is 0.0741. The highest BCUT2D eigenvalue weighted by atomic mass is 32.1. The summed E-state index contributed by atoms with van der Waals surface area (Å²) in [4.78, 5) is 7.74. The van der Waals surface area contributed by atoms with Gasteiger partial charge in [0.1, 0.15) is 0 Å². The Labute approximate surface area is 95.8 Å². The number of likely N-dealkylation sites (N-methyl/N-ethyl adjacent to an activating group) is 1. The first-order valence-corrected chi connectivity index (χ1v) is 6.07. The number of thiazole rings is 1. The molecule has 1 N–H and O–H groups in total. The maximum atomic E-state index is 9.24. The average Bonchev–Trinajstić information content (AvgIpc) is 2.65. The SMILES string of the molecule is CCc1ncc(CN(C)C(C)(C)CO)s1. The van der Waals surface area contributed by atoms with Gasteiger partial charge in [0.2, 0.25) is 0 Å². The molecule has 0 aliphatic carbocycles. The van der Waals surface area contributed by atoms with Crippen LogP contribution in [-0.4, -0.2) is 34.2 Å². The molecule has 0 saturated heterocycles. The number of hydrogen-bond donors (Lipinski definition) is 1. The van der Waals surface area contributed by atoms with E-state index in [4.69, 9.17) is 0 Å². The summed E-state index contributed by atoms with van der Waals surface area (Å²) in [6, 6.07) is 0. The number of aryl methyl sites for hydroxylation is 1. The van der Waals surface area contributed by atoms with Crippen molar-refractivity contribution in [2.45, 2.75) is 39.3 Å². The molecule has 0 bridgehead atoms. The molecular formula is C11H20N2OS. The second kappa shape index (κ2) is 5.05. The lowest BCUT2D eigenvalue weighted by Crippen LogP contribution is -2.43. The van der Waals surface area contributed by atoms with E-state index >= 15 is 0 Å². The summed E-state index contributed by atoms with van der Waals surface area (Å²) in [6.45, 7) is 7.21. The molecular weight excluding hydrogens is 208 g/mol. The Bertz CT molecular complexity index is 309. The fourth-order valence-corrected chi connectivity index (χ4v) is 2.07. The van der Waals surface area contributed by atoms with Crippen LogP contribution < -0.4 is 0 Å². The van der Waals surface area contributed by atoms with Gasteiger partial charge < -0.3 is 5.11 Å². The van der Waals surface area contributed by atoms with E-state index in [1.807, 2.05) is 27.1 Å². The van der Waals surface area contributed by atoms with Gasteiger partial charge in [-0.25, -0.2) is 4.98 Å². The van der Waals surface area contributed by atoms with E-state index in [2.05, 4.69) is 16.8 Å². The first-order chi connectivity index (χ1) is 6.99. The summed E-state index contributed by atoms with van der Waals surface area (Å²) in [5.41, 5.74) is -0.170. The van der Waals surface area contributed by atoms with Gasteiger partial charge in [0.15, 0.2) is 0 Å². The van der Waals surface area contributed by atoms with Crippen molar-refractivity contribution < 1.29 is 5.11 Å².